The number of fused-ring (bicyclic) bond motifs is 1. The second-order valence-electron chi connectivity index (χ2n) is 3.68. The minimum atomic E-state index is -1.62. The maximum Gasteiger partial charge on any atom is 0.286 e. The Labute approximate surface area is 74.9 Å². The molecule has 5 nitrogen and oxygen atoms in total. The topological polar surface area (TPSA) is 77.8 Å². The highest BCUT2D eigenvalue weighted by Gasteiger charge is 2.59. The fraction of sp³-hybridized carbons (Fsp3) is 0.750. The van der Waals surface area contributed by atoms with Crippen LogP contribution in [0.2, 0.25) is 0 Å². The van der Waals surface area contributed by atoms with E-state index in [1.807, 2.05) is 0 Å². The molecule has 5 heteroatoms. The van der Waals surface area contributed by atoms with Crippen molar-refractivity contribution in [1.82, 2.24) is 5.06 Å². The van der Waals surface area contributed by atoms with Gasteiger partial charge in [-0.2, -0.15) is 5.06 Å². The van der Waals surface area contributed by atoms with Crippen LogP contribution in [0.15, 0.2) is 0 Å². The molecule has 1 heterocycles. The van der Waals surface area contributed by atoms with Crippen LogP contribution < -0.4 is 0 Å². The summed E-state index contributed by atoms with van der Waals surface area (Å²) in [5.41, 5.74) is -1.62. The van der Waals surface area contributed by atoms with Crippen molar-refractivity contribution in [3.8, 4) is 0 Å². The molecule has 0 spiro atoms. The molecule has 2 rings (SSSR count). The smallest absolute Gasteiger partial charge is 0.286 e. The molecule has 2 aliphatic rings. The zero-order chi connectivity index (χ0) is 9.64. The van der Waals surface area contributed by atoms with Crippen molar-refractivity contribution in [1.29, 1.82) is 0 Å². The molecule has 0 aromatic rings. The van der Waals surface area contributed by atoms with Gasteiger partial charge in [0.25, 0.3) is 11.8 Å². The maximum absolute atomic E-state index is 11.3. The standard InChI is InChI=1S/C8H11NO4/c10-6-5-3-1-2-4-8(5,12)7(11)9(6)13/h5,12-13H,1-4H2. The zero-order valence-corrected chi connectivity index (χ0v) is 7.06. The fourth-order valence-corrected chi connectivity index (χ4v) is 2.17. The number of hydrogen-bond acceptors (Lipinski definition) is 4. The van der Waals surface area contributed by atoms with Crippen molar-refractivity contribution in [2.75, 3.05) is 0 Å². The summed E-state index contributed by atoms with van der Waals surface area (Å²) >= 11 is 0. The molecular weight excluding hydrogens is 174 g/mol. The molecule has 72 valence electrons. The van der Waals surface area contributed by atoms with Crippen LogP contribution in [-0.4, -0.2) is 32.8 Å². The number of amides is 2. The number of carbonyl (C=O) groups is 2. The SMILES string of the molecule is O=C1C2CCCCC2(O)C(=O)N1O. The average molecular weight is 185 g/mol. The number of hydroxylamine groups is 2. The van der Waals surface area contributed by atoms with Gasteiger partial charge in [-0.3, -0.25) is 14.8 Å². The van der Waals surface area contributed by atoms with Gasteiger partial charge in [-0.25, -0.2) is 0 Å². The third-order valence-corrected chi connectivity index (χ3v) is 2.95. The first kappa shape index (κ1) is 8.65. The van der Waals surface area contributed by atoms with Gasteiger partial charge >= 0.3 is 0 Å². The second kappa shape index (κ2) is 2.52. The van der Waals surface area contributed by atoms with E-state index in [1.165, 1.54) is 0 Å². The predicted molar refractivity (Wildman–Crippen MR) is 40.5 cm³/mol. The Balaban J connectivity index is 2.38. The number of carbonyl (C=O) groups excluding carboxylic acids is 2. The highest BCUT2D eigenvalue weighted by molar-refractivity contribution is 6.07. The van der Waals surface area contributed by atoms with Crippen LogP contribution in [0.5, 0.6) is 0 Å². The molecule has 1 aliphatic heterocycles. The van der Waals surface area contributed by atoms with E-state index in [9.17, 15) is 14.7 Å². The van der Waals surface area contributed by atoms with Crippen LogP contribution in [0, 0.1) is 5.92 Å². The number of rotatable bonds is 0. The first-order valence-corrected chi connectivity index (χ1v) is 4.37. The van der Waals surface area contributed by atoms with Crippen LogP contribution in [0.4, 0.5) is 0 Å². The molecule has 2 fully saturated rings. The average Bonchev–Trinajstić information content (AvgIpc) is 2.29. The largest absolute Gasteiger partial charge is 0.379 e. The van der Waals surface area contributed by atoms with Crippen molar-refractivity contribution in [3.63, 3.8) is 0 Å². The Bertz CT molecular complexity index is 277. The minimum Gasteiger partial charge on any atom is -0.379 e. The van der Waals surface area contributed by atoms with E-state index in [0.29, 0.717) is 6.42 Å². The molecule has 1 aliphatic carbocycles. The van der Waals surface area contributed by atoms with E-state index in [2.05, 4.69) is 0 Å². The first-order valence-electron chi connectivity index (χ1n) is 4.37. The molecule has 0 aromatic carbocycles. The summed E-state index contributed by atoms with van der Waals surface area (Å²) < 4.78 is 0. The number of aliphatic hydroxyl groups is 1. The second-order valence-corrected chi connectivity index (χ2v) is 3.68. The van der Waals surface area contributed by atoms with Crippen molar-refractivity contribution < 1.29 is 19.9 Å². The van der Waals surface area contributed by atoms with E-state index in [1.54, 1.807) is 0 Å². The third-order valence-electron chi connectivity index (χ3n) is 2.95. The Hall–Kier alpha value is -0.940. The van der Waals surface area contributed by atoms with E-state index < -0.39 is 23.3 Å². The van der Waals surface area contributed by atoms with Gasteiger partial charge in [-0.05, 0) is 19.3 Å². The van der Waals surface area contributed by atoms with Gasteiger partial charge < -0.3 is 5.11 Å². The number of hydrogen-bond donors (Lipinski definition) is 2. The van der Waals surface area contributed by atoms with Gasteiger partial charge in [-0.15, -0.1) is 0 Å². The zero-order valence-electron chi connectivity index (χ0n) is 7.06. The Kier molecular flexibility index (Phi) is 1.68. The lowest BCUT2D eigenvalue weighted by molar-refractivity contribution is -0.177. The lowest BCUT2D eigenvalue weighted by atomic mass is 9.77. The summed E-state index contributed by atoms with van der Waals surface area (Å²) in [5, 5.41) is 19.0. The summed E-state index contributed by atoms with van der Waals surface area (Å²) in [6.45, 7) is 0. The van der Waals surface area contributed by atoms with Crippen molar-refractivity contribution in [2.45, 2.75) is 31.3 Å². The fourth-order valence-electron chi connectivity index (χ4n) is 2.17. The Morgan fingerprint density at radius 2 is 2.08 bits per heavy atom. The van der Waals surface area contributed by atoms with Crippen LogP contribution in [-0.2, 0) is 9.59 Å². The summed E-state index contributed by atoms with van der Waals surface area (Å²) in [6.07, 6.45) is 2.30. The minimum absolute atomic E-state index is 0.0655. The molecule has 1 saturated carbocycles. The monoisotopic (exact) mass is 185 g/mol. The summed E-state index contributed by atoms with van der Waals surface area (Å²) in [5.74, 6) is -2.24. The number of imide groups is 1. The Morgan fingerprint density at radius 3 is 2.69 bits per heavy atom. The summed E-state index contributed by atoms with van der Waals surface area (Å²) in [7, 11) is 0. The van der Waals surface area contributed by atoms with E-state index in [-0.39, 0.29) is 11.5 Å². The molecule has 2 N–H and O–H groups in total. The highest BCUT2D eigenvalue weighted by atomic mass is 16.5. The molecule has 2 amide bonds. The van der Waals surface area contributed by atoms with Gasteiger partial charge in [0.1, 0.15) is 0 Å². The Morgan fingerprint density at radius 1 is 1.38 bits per heavy atom. The van der Waals surface area contributed by atoms with Gasteiger partial charge in [0.15, 0.2) is 5.60 Å². The van der Waals surface area contributed by atoms with Gasteiger partial charge in [0.05, 0.1) is 5.92 Å². The van der Waals surface area contributed by atoms with Crippen molar-refractivity contribution >= 4 is 11.8 Å². The first-order chi connectivity index (χ1) is 6.07. The molecule has 13 heavy (non-hydrogen) atoms. The molecule has 2 unspecified atom stereocenters. The molecule has 0 aromatic heterocycles. The quantitative estimate of drug-likeness (QED) is 0.400. The molecule has 0 radical (unpaired) electrons. The van der Waals surface area contributed by atoms with E-state index in [0.717, 1.165) is 12.8 Å². The normalized spacial score (nSPS) is 39.5. The van der Waals surface area contributed by atoms with Crippen molar-refractivity contribution in [2.24, 2.45) is 5.92 Å². The third kappa shape index (κ3) is 0.941. The highest BCUT2D eigenvalue weighted by Crippen LogP contribution is 2.40. The molecule has 1 saturated heterocycles. The lowest BCUT2D eigenvalue weighted by Gasteiger charge is -2.29. The molecular formula is C8H11NO4. The van der Waals surface area contributed by atoms with E-state index >= 15 is 0 Å². The van der Waals surface area contributed by atoms with Crippen molar-refractivity contribution in [3.05, 3.63) is 0 Å². The van der Waals surface area contributed by atoms with Crippen LogP contribution in [0.1, 0.15) is 25.7 Å². The lowest BCUT2D eigenvalue weighted by Crippen LogP contribution is -2.44. The van der Waals surface area contributed by atoms with Crippen LogP contribution in [0.25, 0.3) is 0 Å². The molecule has 0 bridgehead atoms. The van der Waals surface area contributed by atoms with Gasteiger partial charge in [0.2, 0.25) is 0 Å². The van der Waals surface area contributed by atoms with Gasteiger partial charge in [0, 0.05) is 0 Å². The van der Waals surface area contributed by atoms with E-state index in [4.69, 9.17) is 5.21 Å². The summed E-state index contributed by atoms with van der Waals surface area (Å²) in [6, 6.07) is 0. The number of nitrogens with zero attached hydrogens (tertiary/aromatic N) is 1. The van der Waals surface area contributed by atoms with Crippen LogP contribution >= 0.6 is 0 Å². The summed E-state index contributed by atoms with van der Waals surface area (Å²) in [4.78, 5) is 22.5. The maximum atomic E-state index is 11.3. The predicted octanol–water partition coefficient (Wildman–Crippen LogP) is -0.334. The van der Waals surface area contributed by atoms with Gasteiger partial charge in [-0.1, -0.05) is 6.42 Å². The molecule has 2 atom stereocenters. The van der Waals surface area contributed by atoms with Crippen LogP contribution in [0.3, 0.4) is 0 Å².